The van der Waals surface area contributed by atoms with Gasteiger partial charge in [-0.3, -0.25) is 47.2 Å². The van der Waals surface area contributed by atoms with E-state index in [9.17, 15) is 88.1 Å². The molecule has 3 fully saturated rings. The van der Waals surface area contributed by atoms with E-state index in [1.807, 2.05) is 24.3 Å². The highest BCUT2D eigenvalue weighted by Crippen LogP contribution is 2.42. The molecule has 3 saturated heterocycles. The molecule has 0 aliphatic carbocycles. The number of amides is 8. The second kappa shape index (κ2) is 40.6. The number of carbonyl (C=O) groups excluding carboxylic acids is 9. The fourth-order valence-electron chi connectivity index (χ4n) is 12.2. The Labute approximate surface area is 617 Å². The number of aliphatic hydroxyl groups is 8. The molecular weight excluding hydrogens is 1430 g/mol. The van der Waals surface area contributed by atoms with E-state index in [0.717, 1.165) is 78.5 Å². The number of nitrogens with zero attached hydrogens (tertiary/aromatic N) is 4. The van der Waals surface area contributed by atoms with Crippen LogP contribution in [0.4, 0.5) is 9.59 Å². The van der Waals surface area contributed by atoms with Crippen LogP contribution in [0.15, 0.2) is 103 Å². The first kappa shape index (κ1) is 84.9. The van der Waals surface area contributed by atoms with Gasteiger partial charge in [-0.25, -0.2) is 9.59 Å². The van der Waals surface area contributed by atoms with Crippen molar-refractivity contribution in [3.63, 3.8) is 0 Å². The minimum Gasteiger partial charge on any atom is -0.494 e. The number of carbonyl (C=O) groups is 9. The molecule has 588 valence electrons. The highest BCUT2D eigenvalue weighted by atomic mass is 32.3. The van der Waals surface area contributed by atoms with Crippen LogP contribution in [0, 0.1) is 5.92 Å². The molecule has 1 aromatic heterocycles. The summed E-state index contributed by atoms with van der Waals surface area (Å²) in [6.45, 7) is 5.59. The number of unbranched alkanes of at least 4 members (excludes halogenated alkanes) is 4. The van der Waals surface area contributed by atoms with Crippen LogP contribution in [0.2, 0.25) is 0 Å². The Kier molecular flexibility index (Phi) is 32.2. The van der Waals surface area contributed by atoms with Crippen molar-refractivity contribution in [2.24, 2.45) is 5.92 Å². The van der Waals surface area contributed by atoms with Gasteiger partial charge in [-0.15, -0.1) is 0 Å². The van der Waals surface area contributed by atoms with Gasteiger partial charge in [0.05, 0.1) is 62.5 Å². The molecule has 0 bridgehead atoms. The summed E-state index contributed by atoms with van der Waals surface area (Å²) in [6, 6.07) is 3.97. The number of methoxy groups -OCH3 is 1. The largest absolute Gasteiger partial charge is 0.514 e. The first-order chi connectivity index (χ1) is 51.0. The lowest BCUT2D eigenvalue weighted by atomic mass is 9.98. The second-order valence-corrected chi connectivity index (χ2v) is 27.0. The topological polar surface area (TPSA) is 527 Å². The molecule has 37 heteroatoms. The van der Waals surface area contributed by atoms with E-state index in [0.29, 0.717) is 34.9 Å². The molecule has 0 spiro atoms. The Morgan fingerprint density at radius 1 is 0.729 bits per heavy atom. The lowest BCUT2D eigenvalue weighted by molar-refractivity contribution is -0.147. The maximum absolute atomic E-state index is 15.3. The van der Waals surface area contributed by atoms with Gasteiger partial charge in [0.25, 0.3) is 17.1 Å². The Bertz CT molecular complexity index is 3670. The van der Waals surface area contributed by atoms with Crippen LogP contribution in [0.3, 0.4) is 0 Å². The average molecular weight is 1530 g/mol. The van der Waals surface area contributed by atoms with Crippen molar-refractivity contribution < 1.29 is 130 Å². The van der Waals surface area contributed by atoms with Crippen molar-refractivity contribution in [3.05, 3.63) is 109 Å². The molecule has 4 heterocycles. The van der Waals surface area contributed by atoms with Crippen LogP contribution in [-0.4, -0.2) is 280 Å². The first-order valence-corrected chi connectivity index (χ1v) is 36.0. The minimum atomic E-state index is -4.93. The Balaban J connectivity index is 1.22. The third kappa shape index (κ3) is 24.1. The summed E-state index contributed by atoms with van der Waals surface area (Å²) in [5.41, 5.74) is 1.35. The number of rotatable bonds is 31. The van der Waals surface area contributed by atoms with Gasteiger partial charge in [0.1, 0.15) is 60.9 Å². The highest BCUT2D eigenvalue weighted by molar-refractivity contribution is 8.15. The molecule has 0 radical (unpaired) electrons. The molecule has 3 aromatic carbocycles. The molecule has 16 N–H and O–H groups in total. The number of nitrogens with one attached hydrogen (secondary N) is 5. The second-order valence-electron chi connectivity index (χ2n) is 25.9. The smallest absolute Gasteiger partial charge is 0.494 e. The van der Waals surface area contributed by atoms with Gasteiger partial charge in [-0.2, -0.15) is 0 Å². The molecule has 36 nitrogen and oxygen atoms in total. The summed E-state index contributed by atoms with van der Waals surface area (Å²) >= 11 is -4.93. The Hall–Kier alpha value is -9.35. The lowest BCUT2D eigenvalue weighted by Crippen LogP contribution is -2.64. The van der Waals surface area contributed by atoms with Gasteiger partial charge in [0.2, 0.25) is 35.4 Å². The van der Waals surface area contributed by atoms with E-state index >= 15 is 9.59 Å². The van der Waals surface area contributed by atoms with Crippen LogP contribution < -0.4 is 40.2 Å². The zero-order valence-electron chi connectivity index (χ0n) is 59.2. The van der Waals surface area contributed by atoms with E-state index in [2.05, 4.69) is 44.9 Å². The molecule has 0 unspecified atom stereocenters. The van der Waals surface area contributed by atoms with E-state index in [-0.39, 0.29) is 24.3 Å². The first-order valence-electron chi connectivity index (χ1n) is 34.5. The highest BCUT2D eigenvalue weighted by Gasteiger charge is 2.50. The molecule has 0 saturated carbocycles. The average Bonchev–Trinajstić information content (AvgIpc) is 1.62. The molecule has 7 rings (SSSR count). The van der Waals surface area contributed by atoms with E-state index in [1.54, 1.807) is 13.2 Å². The number of aromatic nitrogens is 1. The van der Waals surface area contributed by atoms with Gasteiger partial charge < -0.3 is 115 Å². The summed E-state index contributed by atoms with van der Waals surface area (Å²) in [5.74, 6) is -10.1. The van der Waals surface area contributed by atoms with Crippen LogP contribution >= 0.6 is 11.2 Å². The quantitative estimate of drug-likeness (QED) is 0.0141. The number of β-amino-alcohol motifs (C(OH)–C–C–N with tert-alkyl or cyclic N) is 1. The molecule has 13 atom stereocenters. The van der Waals surface area contributed by atoms with Crippen molar-refractivity contribution in [1.29, 1.82) is 0 Å². The summed E-state index contributed by atoms with van der Waals surface area (Å²) in [5, 5.41) is 107. The normalized spacial score (nSPS) is 23.0. The lowest BCUT2D eigenvalue weighted by Gasteiger charge is -2.35. The predicted molar refractivity (Wildman–Crippen MR) is 378 cm³/mol. The Morgan fingerprint density at radius 2 is 1.36 bits per heavy atom. The van der Waals surface area contributed by atoms with Gasteiger partial charge in [0, 0.05) is 87.8 Å². The molecule has 107 heavy (non-hydrogen) atoms. The number of benzene rings is 3. The molecule has 3 aliphatic heterocycles. The number of hydrogen-bond donors (Lipinski definition) is 16. The van der Waals surface area contributed by atoms with Gasteiger partial charge >= 0.3 is 12.2 Å². The van der Waals surface area contributed by atoms with Crippen LogP contribution in [0.25, 0.3) is 22.6 Å². The van der Waals surface area contributed by atoms with Gasteiger partial charge in [0.15, 0.2) is 17.3 Å². The standard InChI is InChI=1S/C70H95N9O27S/c1-6-25-102-69(95)77(45(37-80)38-81)24-23-52(85)59-68(94)79-35-39(3)61(87)60(79)66(92)71-34-46(83)31-50(72-62(88)44-16-14-42(15-17-44)49-33-55(105-76-49)43-18-20-48(21-19-43)101-28-12-10-8-9-11-27-100-5)63(89)73-57(40(4)82)67(93)78-36-47(84)32-51(78)64(90)74-58(65(91)75-59)53(86)29-41-13-22-54(104-70(96)103-26-7-2)56(30-41)106-107(97,98)99/h6-7,13-22,30,33,39-40,45-47,50-53,57-61,80-87,97-99H,1-2,8-12,23-29,31-32,34-38H2,3-5H3,(H,71,92)(H,72,88)(H,73,89)(H,74,90)(H,75,91)/t39-,40+,46+,47+,50-,51-,52+,53+,57-,58-,59-,60-,61-/m0/s1. The maximum Gasteiger partial charge on any atom is 0.514 e. The summed E-state index contributed by atoms with van der Waals surface area (Å²) in [4.78, 5) is 132. The van der Waals surface area contributed by atoms with E-state index in [4.69, 9.17) is 32.4 Å². The third-order valence-electron chi connectivity index (χ3n) is 17.9. The van der Waals surface area contributed by atoms with Crippen LogP contribution in [0.1, 0.15) is 81.1 Å². The van der Waals surface area contributed by atoms with Gasteiger partial charge in [-0.05, 0) is 80.3 Å². The summed E-state index contributed by atoms with van der Waals surface area (Å²) in [7, 11) is 1.68. The zero-order chi connectivity index (χ0) is 78.2. The fourth-order valence-corrected chi connectivity index (χ4v) is 12.5. The number of aliphatic hydroxyl groups excluding tert-OH is 8. The molecule has 4 aromatic rings. The van der Waals surface area contributed by atoms with Crippen molar-refractivity contribution in [1.82, 2.24) is 46.4 Å². The van der Waals surface area contributed by atoms with Crippen LogP contribution in [-0.2, 0) is 49.4 Å². The van der Waals surface area contributed by atoms with Gasteiger partial charge in [-0.1, -0.05) is 74.9 Å². The summed E-state index contributed by atoms with van der Waals surface area (Å²) in [6.07, 6.45) is -9.44. The van der Waals surface area contributed by atoms with Crippen molar-refractivity contribution in [3.8, 4) is 39.8 Å². The SMILES string of the molecule is C=CCOC(=O)Oc1ccc(C[C@@H](O)[C@@H]2NC(=O)[C@@H]3C[C@@H](O)CN3C(=O)[C@H]([C@@H](C)O)NC(=O)[C@@H](NC(=O)c3ccc(-c4cc(-c5ccc(OCCCCCCCOC)cc5)on4)cc3)C[C@@H](O)CNC(=O)[C@@H]3[C@@H](O)[C@@H](C)CN3C(=O)[C@H]([C@H](O)CCN(C(=O)OCC=C)C(CO)CO)NC2=O)cc1OS(O)(O)O. The number of hydrogen-bond acceptors (Lipinski definition) is 28. The van der Waals surface area contributed by atoms with E-state index in [1.165, 1.54) is 43.3 Å². The molecule has 8 amide bonds. The third-order valence-corrected chi connectivity index (χ3v) is 18.3. The van der Waals surface area contributed by atoms with Crippen molar-refractivity contribution in [2.75, 3.05) is 72.9 Å². The fraction of sp³-hybridized carbons (Fsp3) is 0.514. The van der Waals surface area contributed by atoms with Crippen molar-refractivity contribution in [2.45, 2.75) is 151 Å². The van der Waals surface area contributed by atoms with Crippen molar-refractivity contribution >= 4 is 64.8 Å². The number of ether oxygens (including phenoxy) is 5. The molecule has 3 aliphatic rings. The maximum atomic E-state index is 15.3. The zero-order valence-corrected chi connectivity index (χ0v) is 60.0. The Morgan fingerprint density at radius 3 is 2.02 bits per heavy atom. The van der Waals surface area contributed by atoms with Crippen LogP contribution in [0.5, 0.6) is 17.2 Å². The predicted octanol–water partition coefficient (Wildman–Crippen LogP) is 0.520. The molecular formula is C70H95N9O27S. The monoisotopic (exact) mass is 1530 g/mol. The van der Waals surface area contributed by atoms with E-state index < -0.39 is 226 Å². The summed E-state index contributed by atoms with van der Waals surface area (Å²) < 4.78 is 66.3. The number of fused-ring (bicyclic) bond motifs is 2. The minimum absolute atomic E-state index is 0.0519.